The van der Waals surface area contributed by atoms with Crippen molar-refractivity contribution in [1.29, 1.82) is 0 Å². The maximum Gasteiger partial charge on any atom is 0.119 e. The summed E-state index contributed by atoms with van der Waals surface area (Å²) in [7, 11) is 1.65. The van der Waals surface area contributed by atoms with Gasteiger partial charge in [0.15, 0.2) is 0 Å². The van der Waals surface area contributed by atoms with Crippen molar-refractivity contribution < 1.29 is 9.47 Å². The lowest BCUT2D eigenvalue weighted by Gasteiger charge is -2.38. The molecule has 78 valence electrons. The van der Waals surface area contributed by atoms with Crippen molar-refractivity contribution >= 4 is 12.4 Å². The fraction of sp³-hybridized carbons (Fsp3) is 0.400. The Morgan fingerprint density at radius 2 is 2.14 bits per heavy atom. The van der Waals surface area contributed by atoms with E-state index < -0.39 is 0 Å². The predicted octanol–water partition coefficient (Wildman–Crippen LogP) is 1.30. The molecule has 4 heteroatoms. The van der Waals surface area contributed by atoms with Crippen molar-refractivity contribution in [1.82, 2.24) is 0 Å². The van der Waals surface area contributed by atoms with E-state index in [4.69, 9.17) is 15.2 Å². The van der Waals surface area contributed by atoms with E-state index in [9.17, 15) is 0 Å². The van der Waals surface area contributed by atoms with Crippen molar-refractivity contribution in [2.45, 2.75) is 5.54 Å². The molecule has 0 aliphatic carbocycles. The zero-order chi connectivity index (χ0) is 9.31. The lowest BCUT2D eigenvalue weighted by molar-refractivity contribution is -0.0569. The number of halogens is 1. The highest BCUT2D eigenvalue weighted by Gasteiger charge is 2.36. The quantitative estimate of drug-likeness (QED) is 0.809. The Kier molecular flexibility index (Phi) is 3.37. The van der Waals surface area contributed by atoms with Crippen LogP contribution in [-0.2, 0) is 10.3 Å². The number of benzene rings is 1. The molecule has 1 aromatic rings. The Morgan fingerprint density at radius 1 is 1.43 bits per heavy atom. The van der Waals surface area contributed by atoms with Crippen LogP contribution in [0.1, 0.15) is 5.56 Å². The molecular formula is C10H14ClNO2. The molecule has 2 N–H and O–H groups in total. The first kappa shape index (κ1) is 11.3. The predicted molar refractivity (Wildman–Crippen MR) is 56.9 cm³/mol. The molecule has 1 saturated heterocycles. The van der Waals surface area contributed by atoms with E-state index in [0.29, 0.717) is 13.2 Å². The summed E-state index contributed by atoms with van der Waals surface area (Å²) in [4.78, 5) is 0. The van der Waals surface area contributed by atoms with E-state index in [-0.39, 0.29) is 17.9 Å². The molecule has 1 fully saturated rings. The molecule has 2 rings (SSSR count). The molecule has 0 bridgehead atoms. The Morgan fingerprint density at radius 3 is 2.64 bits per heavy atom. The van der Waals surface area contributed by atoms with Crippen molar-refractivity contribution in [2.75, 3.05) is 20.3 Å². The van der Waals surface area contributed by atoms with E-state index in [1.807, 2.05) is 24.3 Å². The SMILES string of the molecule is COc1cccc(C2(N)COC2)c1.Cl. The number of ether oxygens (including phenoxy) is 2. The van der Waals surface area contributed by atoms with Gasteiger partial charge >= 0.3 is 0 Å². The van der Waals surface area contributed by atoms with Gasteiger partial charge in [-0.15, -0.1) is 12.4 Å². The number of hydrogen-bond acceptors (Lipinski definition) is 3. The van der Waals surface area contributed by atoms with Crippen molar-refractivity contribution in [3.63, 3.8) is 0 Å². The number of methoxy groups -OCH3 is 1. The van der Waals surface area contributed by atoms with Crippen molar-refractivity contribution in [2.24, 2.45) is 5.73 Å². The largest absolute Gasteiger partial charge is 0.497 e. The number of nitrogens with two attached hydrogens (primary N) is 1. The topological polar surface area (TPSA) is 44.5 Å². The summed E-state index contributed by atoms with van der Waals surface area (Å²) in [6, 6.07) is 7.82. The molecule has 0 radical (unpaired) electrons. The lowest BCUT2D eigenvalue weighted by atomic mass is 9.89. The Labute approximate surface area is 89.6 Å². The lowest BCUT2D eigenvalue weighted by Crippen LogP contribution is -2.54. The van der Waals surface area contributed by atoms with Gasteiger partial charge in [0.05, 0.1) is 25.9 Å². The van der Waals surface area contributed by atoms with Crippen LogP contribution in [0.25, 0.3) is 0 Å². The molecule has 0 aromatic heterocycles. The molecule has 0 unspecified atom stereocenters. The Balaban J connectivity index is 0.000000980. The third-order valence-electron chi connectivity index (χ3n) is 2.36. The van der Waals surface area contributed by atoms with Crippen LogP contribution >= 0.6 is 12.4 Å². The fourth-order valence-corrected chi connectivity index (χ4v) is 1.42. The van der Waals surface area contributed by atoms with Crippen molar-refractivity contribution in [3.8, 4) is 5.75 Å². The average molecular weight is 216 g/mol. The van der Waals surface area contributed by atoms with Crippen LogP contribution in [0.3, 0.4) is 0 Å². The normalized spacial score (nSPS) is 17.9. The first-order valence-corrected chi connectivity index (χ1v) is 4.26. The summed E-state index contributed by atoms with van der Waals surface area (Å²) in [6.45, 7) is 1.19. The highest BCUT2D eigenvalue weighted by molar-refractivity contribution is 5.85. The van der Waals surface area contributed by atoms with E-state index in [2.05, 4.69) is 0 Å². The van der Waals surface area contributed by atoms with Crippen LogP contribution in [0, 0.1) is 0 Å². The zero-order valence-corrected chi connectivity index (χ0v) is 8.84. The van der Waals surface area contributed by atoms with Crippen LogP contribution in [0.15, 0.2) is 24.3 Å². The minimum absolute atomic E-state index is 0. The summed E-state index contributed by atoms with van der Waals surface area (Å²) >= 11 is 0. The maximum absolute atomic E-state index is 6.07. The van der Waals surface area contributed by atoms with Crippen LogP contribution < -0.4 is 10.5 Å². The molecule has 1 heterocycles. The second-order valence-corrected chi connectivity index (χ2v) is 3.38. The van der Waals surface area contributed by atoms with E-state index >= 15 is 0 Å². The first-order valence-electron chi connectivity index (χ1n) is 4.26. The molecule has 14 heavy (non-hydrogen) atoms. The fourth-order valence-electron chi connectivity index (χ4n) is 1.42. The second-order valence-electron chi connectivity index (χ2n) is 3.38. The summed E-state index contributed by atoms with van der Waals surface area (Å²) in [5, 5.41) is 0. The van der Waals surface area contributed by atoms with Gasteiger partial charge in [0.1, 0.15) is 5.75 Å². The highest BCUT2D eigenvalue weighted by atomic mass is 35.5. The summed E-state index contributed by atoms with van der Waals surface area (Å²) in [6.07, 6.45) is 0. The molecule has 0 spiro atoms. The molecule has 3 nitrogen and oxygen atoms in total. The van der Waals surface area contributed by atoms with Gasteiger partial charge in [0.2, 0.25) is 0 Å². The highest BCUT2D eigenvalue weighted by Crippen LogP contribution is 2.28. The third kappa shape index (κ3) is 1.85. The molecule has 1 aliphatic heterocycles. The minimum Gasteiger partial charge on any atom is -0.497 e. The van der Waals surface area contributed by atoms with Crippen LogP contribution in [0.4, 0.5) is 0 Å². The standard InChI is InChI=1S/C10H13NO2.ClH/c1-12-9-4-2-3-8(5-9)10(11)6-13-7-10;/h2-5H,6-7,11H2,1H3;1H. The summed E-state index contributed by atoms with van der Waals surface area (Å²) in [5.74, 6) is 0.842. The smallest absolute Gasteiger partial charge is 0.119 e. The van der Waals surface area contributed by atoms with Gasteiger partial charge in [0, 0.05) is 0 Å². The third-order valence-corrected chi connectivity index (χ3v) is 2.36. The first-order chi connectivity index (χ1) is 6.24. The van der Waals surface area contributed by atoms with Gasteiger partial charge in [-0.1, -0.05) is 12.1 Å². The summed E-state index contributed by atoms with van der Waals surface area (Å²) < 4.78 is 10.2. The Hall–Kier alpha value is -0.770. The van der Waals surface area contributed by atoms with Gasteiger partial charge in [-0.3, -0.25) is 0 Å². The van der Waals surface area contributed by atoms with Gasteiger partial charge in [-0.2, -0.15) is 0 Å². The zero-order valence-electron chi connectivity index (χ0n) is 8.03. The second kappa shape index (κ2) is 4.17. The number of rotatable bonds is 2. The Bertz CT molecular complexity index is 313. The monoisotopic (exact) mass is 215 g/mol. The van der Waals surface area contributed by atoms with Crippen LogP contribution in [0.2, 0.25) is 0 Å². The van der Waals surface area contributed by atoms with E-state index in [1.54, 1.807) is 7.11 Å². The molecule has 0 atom stereocenters. The van der Waals surface area contributed by atoms with Crippen molar-refractivity contribution in [3.05, 3.63) is 29.8 Å². The molecule has 0 saturated carbocycles. The minimum atomic E-state index is -0.297. The number of hydrogen-bond donors (Lipinski definition) is 1. The molecular weight excluding hydrogens is 202 g/mol. The average Bonchev–Trinajstić information content (AvgIpc) is 2.14. The van der Waals surface area contributed by atoms with E-state index in [0.717, 1.165) is 11.3 Å². The van der Waals surface area contributed by atoms with Gasteiger partial charge in [-0.25, -0.2) is 0 Å². The summed E-state index contributed by atoms with van der Waals surface area (Å²) in [5.41, 5.74) is 6.85. The molecule has 1 aliphatic rings. The van der Waals surface area contributed by atoms with Crippen LogP contribution in [0.5, 0.6) is 5.75 Å². The maximum atomic E-state index is 6.07. The van der Waals surface area contributed by atoms with Gasteiger partial charge < -0.3 is 15.2 Å². The molecule has 0 amide bonds. The van der Waals surface area contributed by atoms with Gasteiger partial charge in [0.25, 0.3) is 0 Å². The van der Waals surface area contributed by atoms with Gasteiger partial charge in [-0.05, 0) is 17.7 Å². The van der Waals surface area contributed by atoms with Crippen LogP contribution in [-0.4, -0.2) is 20.3 Å². The van der Waals surface area contributed by atoms with E-state index in [1.165, 1.54) is 0 Å². The molecule has 1 aromatic carbocycles.